The molecule has 134 valence electrons. The first-order valence-electron chi connectivity index (χ1n) is 7.76. The predicted molar refractivity (Wildman–Crippen MR) is 101 cm³/mol. The Labute approximate surface area is 155 Å². The highest BCUT2D eigenvalue weighted by Crippen LogP contribution is 2.28. The molecule has 2 heterocycles. The third-order valence-electron chi connectivity index (χ3n) is 3.90. The van der Waals surface area contributed by atoms with Gasteiger partial charge in [-0.05, 0) is 48.1 Å². The number of phenolic OH excluding ortho intramolecular Hbond substituents is 1. The summed E-state index contributed by atoms with van der Waals surface area (Å²) < 4.78 is 1.36. The molecule has 3 aromatic rings. The first-order valence-corrected chi connectivity index (χ1v) is 8.57. The molecule has 0 fully saturated rings. The Morgan fingerprint density at radius 2 is 1.85 bits per heavy atom. The number of carbonyl (C=O) groups excluding carboxylic acids is 1. The van der Waals surface area contributed by atoms with Crippen LogP contribution < -0.4 is 11.3 Å². The summed E-state index contributed by atoms with van der Waals surface area (Å²) in [5.74, 6) is -0.698. The topological polar surface area (TPSA) is 131 Å². The number of rotatable bonds is 2. The van der Waals surface area contributed by atoms with E-state index in [9.17, 15) is 19.8 Å². The Bertz CT molecular complexity index is 1230. The molecule has 4 rings (SSSR count). The van der Waals surface area contributed by atoms with Crippen LogP contribution in [0.1, 0.15) is 5.56 Å². The van der Waals surface area contributed by atoms with Gasteiger partial charge in [-0.3, -0.25) is 9.59 Å². The molecule has 0 spiro atoms. The Balaban J connectivity index is 1.84. The number of phenols is 1. The summed E-state index contributed by atoms with van der Waals surface area (Å²) >= 11 is 1.19. The van der Waals surface area contributed by atoms with Gasteiger partial charge in [-0.15, -0.1) is 0 Å². The van der Waals surface area contributed by atoms with Crippen molar-refractivity contribution in [1.29, 1.82) is 0 Å². The highest BCUT2D eigenvalue weighted by molar-refractivity contribution is 7.19. The molecule has 8 nitrogen and oxygen atoms in total. The fraction of sp³-hybridized carbons (Fsp3) is 0. The van der Waals surface area contributed by atoms with Crippen molar-refractivity contribution in [2.45, 2.75) is 0 Å². The zero-order valence-corrected chi connectivity index (χ0v) is 14.5. The molecule has 0 bridgehead atoms. The molecule has 0 unspecified atom stereocenters. The van der Waals surface area contributed by atoms with Gasteiger partial charge in [-0.25, -0.2) is 0 Å². The third-order valence-corrected chi connectivity index (χ3v) is 4.86. The van der Waals surface area contributed by atoms with Crippen LogP contribution >= 0.6 is 11.3 Å². The summed E-state index contributed by atoms with van der Waals surface area (Å²) in [6.45, 7) is 0. The number of aliphatic hydroxyl groups excluding tert-OH is 1. The molecule has 1 aliphatic carbocycles. The number of fused-ring (bicyclic) bond motifs is 1. The van der Waals surface area contributed by atoms with E-state index in [1.807, 2.05) is 0 Å². The second kappa shape index (κ2) is 6.22. The quantitative estimate of drug-likeness (QED) is 0.620. The molecule has 0 saturated heterocycles. The molecular formula is C18H12N4O4S. The second-order valence-electron chi connectivity index (χ2n) is 5.74. The average Bonchev–Trinajstić information content (AvgIpc) is 3.06. The summed E-state index contributed by atoms with van der Waals surface area (Å²) in [6.07, 6.45) is 5.36. The van der Waals surface area contributed by atoms with Crippen LogP contribution in [0.4, 0.5) is 5.82 Å². The van der Waals surface area contributed by atoms with E-state index in [2.05, 4.69) is 10.1 Å². The first kappa shape index (κ1) is 16.7. The molecule has 0 amide bonds. The van der Waals surface area contributed by atoms with Crippen molar-refractivity contribution in [3.8, 4) is 16.3 Å². The molecule has 2 aromatic heterocycles. The summed E-state index contributed by atoms with van der Waals surface area (Å²) in [4.78, 5) is 28.0. The molecule has 0 radical (unpaired) electrons. The van der Waals surface area contributed by atoms with Crippen LogP contribution in [0.3, 0.4) is 0 Å². The van der Waals surface area contributed by atoms with Gasteiger partial charge < -0.3 is 15.9 Å². The van der Waals surface area contributed by atoms with E-state index in [0.29, 0.717) is 15.5 Å². The van der Waals surface area contributed by atoms with Crippen molar-refractivity contribution in [3.63, 3.8) is 0 Å². The van der Waals surface area contributed by atoms with Crippen LogP contribution in [0.15, 0.2) is 58.6 Å². The lowest BCUT2D eigenvalue weighted by molar-refractivity contribution is -0.113. The SMILES string of the molecule is Nc1c(/C=C2\C=CC(=O)C(O)=C2)c(=O)nc2sc(-c3ccc(O)cc3)nn12. The van der Waals surface area contributed by atoms with Gasteiger partial charge >= 0.3 is 0 Å². The third kappa shape index (κ3) is 3.00. The monoisotopic (exact) mass is 380 g/mol. The van der Waals surface area contributed by atoms with Gasteiger partial charge in [-0.1, -0.05) is 17.4 Å². The molecule has 0 saturated carbocycles. The molecule has 1 aromatic carbocycles. The summed E-state index contributed by atoms with van der Waals surface area (Å²) in [5, 5.41) is 23.9. The van der Waals surface area contributed by atoms with Crippen molar-refractivity contribution in [2.75, 3.05) is 5.73 Å². The number of nitrogen functional groups attached to an aromatic ring is 1. The lowest BCUT2D eigenvalue weighted by Crippen LogP contribution is -2.17. The lowest BCUT2D eigenvalue weighted by Gasteiger charge is -2.05. The number of nitrogens with two attached hydrogens (primary N) is 1. The van der Waals surface area contributed by atoms with Crippen LogP contribution in [-0.2, 0) is 4.79 Å². The molecule has 0 aliphatic heterocycles. The number of aromatic hydroxyl groups is 1. The molecule has 9 heteroatoms. The fourth-order valence-corrected chi connectivity index (χ4v) is 3.43. The first-order chi connectivity index (χ1) is 12.9. The van der Waals surface area contributed by atoms with Gasteiger partial charge in [0.25, 0.3) is 5.56 Å². The van der Waals surface area contributed by atoms with Gasteiger partial charge in [0.15, 0.2) is 5.76 Å². The van der Waals surface area contributed by atoms with Crippen LogP contribution in [0.25, 0.3) is 21.6 Å². The number of hydrogen-bond acceptors (Lipinski definition) is 8. The minimum Gasteiger partial charge on any atom is -0.508 e. The lowest BCUT2D eigenvalue weighted by atomic mass is 10.1. The van der Waals surface area contributed by atoms with E-state index in [1.165, 1.54) is 52.3 Å². The molecule has 27 heavy (non-hydrogen) atoms. The second-order valence-corrected chi connectivity index (χ2v) is 6.69. The minimum absolute atomic E-state index is 0.0944. The number of benzene rings is 1. The predicted octanol–water partition coefficient (Wildman–Crippen LogP) is 2.07. The number of carbonyl (C=O) groups is 1. The molecular weight excluding hydrogens is 368 g/mol. The van der Waals surface area contributed by atoms with E-state index in [4.69, 9.17) is 5.73 Å². The van der Waals surface area contributed by atoms with Crippen molar-refractivity contribution in [3.05, 3.63) is 69.7 Å². The van der Waals surface area contributed by atoms with Crippen molar-refractivity contribution in [1.82, 2.24) is 14.6 Å². The standard InChI is InChI=1S/C18H12N4O4S/c19-15-12(7-9-1-6-13(24)14(25)8-9)16(26)20-18-22(15)21-17(27-18)10-2-4-11(23)5-3-10/h1-8,23,25H,19H2/b9-7+. The highest BCUT2D eigenvalue weighted by Gasteiger charge is 2.16. The van der Waals surface area contributed by atoms with Crippen LogP contribution in [0, 0.1) is 0 Å². The summed E-state index contributed by atoms with van der Waals surface area (Å²) in [5.41, 5.74) is 6.87. The molecule has 1 aliphatic rings. The zero-order valence-electron chi connectivity index (χ0n) is 13.7. The summed E-state index contributed by atoms with van der Waals surface area (Å²) in [6, 6.07) is 6.46. The van der Waals surface area contributed by atoms with Gasteiger partial charge in [0, 0.05) is 5.56 Å². The number of hydrogen-bond donors (Lipinski definition) is 3. The zero-order chi connectivity index (χ0) is 19.1. The van der Waals surface area contributed by atoms with E-state index < -0.39 is 17.1 Å². The number of anilines is 1. The number of nitrogens with zero attached hydrogens (tertiary/aromatic N) is 3. The largest absolute Gasteiger partial charge is 0.508 e. The molecule has 4 N–H and O–H groups in total. The maximum Gasteiger partial charge on any atom is 0.283 e. The van der Waals surface area contributed by atoms with Crippen LogP contribution in [-0.4, -0.2) is 30.6 Å². The summed E-state index contributed by atoms with van der Waals surface area (Å²) in [7, 11) is 0. The number of aromatic nitrogens is 3. The van der Waals surface area contributed by atoms with E-state index in [1.54, 1.807) is 12.1 Å². The highest BCUT2D eigenvalue weighted by atomic mass is 32.1. The Hall–Kier alpha value is -3.72. The fourth-order valence-electron chi connectivity index (χ4n) is 2.53. The van der Waals surface area contributed by atoms with E-state index in [0.717, 1.165) is 5.56 Å². The van der Waals surface area contributed by atoms with Gasteiger partial charge in [-0.2, -0.15) is 14.6 Å². The normalized spacial score (nSPS) is 15.5. The maximum atomic E-state index is 12.4. The Morgan fingerprint density at radius 3 is 2.56 bits per heavy atom. The van der Waals surface area contributed by atoms with Gasteiger partial charge in [0.05, 0.1) is 5.56 Å². The van der Waals surface area contributed by atoms with Crippen molar-refractivity contribution < 1.29 is 15.0 Å². The van der Waals surface area contributed by atoms with E-state index in [-0.39, 0.29) is 17.1 Å². The van der Waals surface area contributed by atoms with Crippen molar-refractivity contribution >= 4 is 34.0 Å². The average molecular weight is 380 g/mol. The smallest absolute Gasteiger partial charge is 0.283 e. The Kier molecular flexibility index (Phi) is 3.85. The van der Waals surface area contributed by atoms with Crippen LogP contribution in [0.2, 0.25) is 0 Å². The maximum absolute atomic E-state index is 12.4. The number of allylic oxidation sites excluding steroid dienone is 4. The van der Waals surface area contributed by atoms with Crippen LogP contribution in [0.5, 0.6) is 5.75 Å². The number of ketones is 1. The Morgan fingerprint density at radius 1 is 1.11 bits per heavy atom. The van der Waals surface area contributed by atoms with E-state index >= 15 is 0 Å². The van der Waals surface area contributed by atoms with Gasteiger partial charge in [0.2, 0.25) is 10.7 Å². The molecule has 0 atom stereocenters. The number of aliphatic hydroxyl groups is 1. The minimum atomic E-state index is -0.543. The van der Waals surface area contributed by atoms with Gasteiger partial charge in [0.1, 0.15) is 16.6 Å². The van der Waals surface area contributed by atoms with Crippen molar-refractivity contribution in [2.24, 2.45) is 0 Å².